The SMILES string of the molecule is O=C(CCOCC1CCCO1)NCC(c1ccc(Cl)cc1)N1CCc2sccc2C1. The van der Waals surface area contributed by atoms with E-state index in [2.05, 4.69) is 33.8 Å². The van der Waals surface area contributed by atoms with Crippen molar-refractivity contribution in [2.24, 2.45) is 0 Å². The fraction of sp³-hybridized carbons (Fsp3) is 0.522. The Bertz CT molecular complexity index is 820. The zero-order valence-corrected chi connectivity index (χ0v) is 18.7. The lowest BCUT2D eigenvalue weighted by atomic mass is 10.0. The van der Waals surface area contributed by atoms with Crippen molar-refractivity contribution in [1.82, 2.24) is 10.2 Å². The number of carbonyl (C=O) groups excluding carboxylic acids is 1. The molecule has 1 amide bonds. The molecule has 2 atom stereocenters. The summed E-state index contributed by atoms with van der Waals surface area (Å²) in [4.78, 5) is 16.3. The molecule has 0 aliphatic carbocycles. The molecular weight excluding hydrogens is 420 g/mol. The third-order valence-electron chi connectivity index (χ3n) is 5.83. The van der Waals surface area contributed by atoms with Crippen molar-refractivity contribution in [2.75, 3.05) is 32.9 Å². The molecule has 1 fully saturated rings. The van der Waals surface area contributed by atoms with Crippen LogP contribution in [0.25, 0.3) is 0 Å². The van der Waals surface area contributed by atoms with E-state index in [1.54, 1.807) is 0 Å². The van der Waals surface area contributed by atoms with Gasteiger partial charge in [0.2, 0.25) is 5.91 Å². The Hall–Kier alpha value is -1.44. The topological polar surface area (TPSA) is 50.8 Å². The zero-order valence-electron chi connectivity index (χ0n) is 17.1. The van der Waals surface area contributed by atoms with Gasteiger partial charge in [-0.3, -0.25) is 9.69 Å². The van der Waals surface area contributed by atoms with Crippen molar-refractivity contribution >= 4 is 28.8 Å². The van der Waals surface area contributed by atoms with Crippen molar-refractivity contribution in [2.45, 2.75) is 44.4 Å². The zero-order chi connectivity index (χ0) is 20.8. The fourth-order valence-corrected chi connectivity index (χ4v) is 5.15. The molecule has 2 unspecified atom stereocenters. The summed E-state index contributed by atoms with van der Waals surface area (Å²) in [5.74, 6) is 0.0227. The third kappa shape index (κ3) is 5.83. The molecule has 0 spiro atoms. The normalized spacial score (nSPS) is 20.1. The van der Waals surface area contributed by atoms with E-state index in [4.69, 9.17) is 21.1 Å². The smallest absolute Gasteiger partial charge is 0.222 e. The molecule has 0 saturated carbocycles. The predicted molar refractivity (Wildman–Crippen MR) is 120 cm³/mol. The summed E-state index contributed by atoms with van der Waals surface area (Å²) >= 11 is 7.93. The largest absolute Gasteiger partial charge is 0.378 e. The summed E-state index contributed by atoms with van der Waals surface area (Å²) in [6, 6.07) is 10.3. The first kappa shape index (κ1) is 21.8. The lowest BCUT2D eigenvalue weighted by Gasteiger charge is -2.35. The average molecular weight is 449 g/mol. The van der Waals surface area contributed by atoms with E-state index < -0.39 is 0 Å². The summed E-state index contributed by atoms with van der Waals surface area (Å²) in [6.45, 7) is 4.31. The summed E-state index contributed by atoms with van der Waals surface area (Å²) < 4.78 is 11.2. The van der Waals surface area contributed by atoms with E-state index in [1.807, 2.05) is 23.5 Å². The van der Waals surface area contributed by atoms with E-state index in [9.17, 15) is 4.79 Å². The Balaban J connectivity index is 1.31. The Morgan fingerprint density at radius 2 is 2.20 bits per heavy atom. The number of halogens is 1. The van der Waals surface area contributed by atoms with E-state index in [0.717, 1.165) is 44.0 Å². The van der Waals surface area contributed by atoms with Crippen LogP contribution in [0.1, 0.15) is 41.3 Å². The van der Waals surface area contributed by atoms with Crippen molar-refractivity contribution < 1.29 is 14.3 Å². The van der Waals surface area contributed by atoms with Crippen LogP contribution in [0, 0.1) is 0 Å². The fourth-order valence-electron chi connectivity index (χ4n) is 4.13. The number of nitrogens with zero attached hydrogens (tertiary/aromatic N) is 1. The number of nitrogens with one attached hydrogen (secondary N) is 1. The van der Waals surface area contributed by atoms with Crippen LogP contribution in [0.2, 0.25) is 5.02 Å². The standard InChI is InChI=1S/C23H29ClN2O3S/c24-19-5-3-17(4-6-19)21(26-10-7-22-18(15-26)9-13-30-22)14-25-23(27)8-12-28-16-20-2-1-11-29-20/h3-6,9,13,20-21H,1-2,7-8,10-12,14-16H2,(H,25,27). The van der Waals surface area contributed by atoms with Gasteiger partial charge in [0.05, 0.1) is 25.4 Å². The number of amides is 1. The maximum atomic E-state index is 12.4. The van der Waals surface area contributed by atoms with Gasteiger partial charge in [-0.2, -0.15) is 0 Å². The number of hydrogen-bond acceptors (Lipinski definition) is 5. The van der Waals surface area contributed by atoms with E-state index >= 15 is 0 Å². The minimum atomic E-state index is 0.0227. The number of carbonyl (C=O) groups is 1. The summed E-state index contributed by atoms with van der Waals surface area (Å²) in [7, 11) is 0. The van der Waals surface area contributed by atoms with Crippen molar-refractivity contribution in [3.63, 3.8) is 0 Å². The molecule has 7 heteroatoms. The lowest BCUT2D eigenvalue weighted by Crippen LogP contribution is -2.40. The van der Waals surface area contributed by atoms with Gasteiger partial charge in [0, 0.05) is 42.6 Å². The first-order valence-electron chi connectivity index (χ1n) is 10.7. The van der Waals surface area contributed by atoms with Crippen LogP contribution in [0.5, 0.6) is 0 Å². The number of benzene rings is 1. The molecule has 2 aromatic rings. The highest BCUT2D eigenvalue weighted by Crippen LogP contribution is 2.30. The Morgan fingerprint density at radius 3 is 3.00 bits per heavy atom. The maximum absolute atomic E-state index is 12.4. The minimum absolute atomic E-state index is 0.0227. The van der Waals surface area contributed by atoms with Gasteiger partial charge in [-0.05, 0) is 54.0 Å². The van der Waals surface area contributed by atoms with E-state index in [-0.39, 0.29) is 18.1 Å². The molecule has 1 N–H and O–H groups in total. The minimum Gasteiger partial charge on any atom is -0.378 e. The first-order valence-corrected chi connectivity index (χ1v) is 12.0. The van der Waals surface area contributed by atoms with Gasteiger partial charge < -0.3 is 14.8 Å². The Kier molecular flexibility index (Phi) is 7.79. The summed E-state index contributed by atoms with van der Waals surface area (Å²) in [6.07, 6.45) is 3.78. The van der Waals surface area contributed by atoms with Crippen LogP contribution < -0.4 is 5.32 Å². The van der Waals surface area contributed by atoms with Crippen LogP contribution in [0.15, 0.2) is 35.7 Å². The molecule has 2 aliphatic heterocycles. The molecule has 1 saturated heterocycles. The molecule has 1 aromatic carbocycles. The van der Waals surface area contributed by atoms with E-state index in [0.29, 0.717) is 26.2 Å². The van der Waals surface area contributed by atoms with Gasteiger partial charge in [0.15, 0.2) is 0 Å². The van der Waals surface area contributed by atoms with Crippen LogP contribution in [-0.4, -0.2) is 49.8 Å². The molecule has 2 aliphatic rings. The van der Waals surface area contributed by atoms with Crippen molar-refractivity contribution in [3.05, 3.63) is 56.7 Å². The van der Waals surface area contributed by atoms with Gasteiger partial charge >= 0.3 is 0 Å². The molecule has 0 radical (unpaired) electrons. The molecule has 5 nitrogen and oxygen atoms in total. The van der Waals surface area contributed by atoms with Gasteiger partial charge in [-0.1, -0.05) is 23.7 Å². The van der Waals surface area contributed by atoms with Gasteiger partial charge in [0.25, 0.3) is 0 Å². The predicted octanol–water partition coefficient (Wildman–Crippen LogP) is 4.20. The Morgan fingerprint density at radius 1 is 1.33 bits per heavy atom. The highest BCUT2D eigenvalue weighted by atomic mass is 35.5. The number of thiophene rings is 1. The van der Waals surface area contributed by atoms with Gasteiger partial charge in [0.1, 0.15) is 0 Å². The molecule has 4 rings (SSSR count). The first-order chi connectivity index (χ1) is 14.7. The number of ether oxygens (including phenoxy) is 2. The number of hydrogen-bond donors (Lipinski definition) is 1. The second kappa shape index (κ2) is 10.7. The highest BCUT2D eigenvalue weighted by Gasteiger charge is 2.26. The van der Waals surface area contributed by atoms with Crippen LogP contribution in [-0.2, 0) is 27.2 Å². The number of fused-ring (bicyclic) bond motifs is 1. The maximum Gasteiger partial charge on any atom is 0.222 e. The quantitative estimate of drug-likeness (QED) is 0.584. The van der Waals surface area contributed by atoms with Crippen molar-refractivity contribution in [3.8, 4) is 0 Å². The second-order valence-corrected chi connectivity index (χ2v) is 9.36. The second-order valence-electron chi connectivity index (χ2n) is 7.92. The summed E-state index contributed by atoms with van der Waals surface area (Å²) in [5, 5.41) is 6.01. The highest BCUT2D eigenvalue weighted by molar-refractivity contribution is 7.10. The Labute approximate surface area is 187 Å². The third-order valence-corrected chi connectivity index (χ3v) is 7.10. The van der Waals surface area contributed by atoms with Crippen LogP contribution in [0.3, 0.4) is 0 Å². The molecule has 1 aromatic heterocycles. The molecule has 0 bridgehead atoms. The van der Waals surface area contributed by atoms with Crippen LogP contribution >= 0.6 is 22.9 Å². The van der Waals surface area contributed by atoms with E-state index in [1.165, 1.54) is 16.0 Å². The summed E-state index contributed by atoms with van der Waals surface area (Å²) in [5.41, 5.74) is 2.58. The average Bonchev–Trinajstić information content (AvgIpc) is 3.44. The van der Waals surface area contributed by atoms with Gasteiger partial charge in [-0.25, -0.2) is 0 Å². The lowest BCUT2D eigenvalue weighted by molar-refractivity contribution is -0.122. The molecule has 3 heterocycles. The molecule has 30 heavy (non-hydrogen) atoms. The monoisotopic (exact) mass is 448 g/mol. The van der Waals surface area contributed by atoms with Gasteiger partial charge in [-0.15, -0.1) is 11.3 Å². The molecular formula is C23H29ClN2O3S. The van der Waals surface area contributed by atoms with Crippen molar-refractivity contribution in [1.29, 1.82) is 0 Å². The number of rotatable bonds is 9. The van der Waals surface area contributed by atoms with Crippen LogP contribution in [0.4, 0.5) is 0 Å². The molecule has 162 valence electrons.